The standard InChI is InChI=1S/C16H29NO/c1-15(2)11-8-9-16(15,3)14(10-11)18-13-6-4-12(17)5-7-13/h11-14H,4-10,17H2,1-3H3. The average molecular weight is 251 g/mol. The first-order chi connectivity index (χ1) is 8.43. The van der Waals surface area contributed by atoms with Crippen molar-refractivity contribution in [2.75, 3.05) is 0 Å². The van der Waals surface area contributed by atoms with E-state index in [9.17, 15) is 0 Å². The normalized spacial score (nSPS) is 50.7. The van der Waals surface area contributed by atoms with Gasteiger partial charge in [0, 0.05) is 6.04 Å². The summed E-state index contributed by atoms with van der Waals surface area (Å²) >= 11 is 0. The number of rotatable bonds is 2. The van der Waals surface area contributed by atoms with Gasteiger partial charge in [-0.1, -0.05) is 20.8 Å². The molecule has 0 heterocycles. The predicted molar refractivity (Wildman–Crippen MR) is 74.3 cm³/mol. The van der Waals surface area contributed by atoms with Crippen molar-refractivity contribution in [1.29, 1.82) is 0 Å². The van der Waals surface area contributed by atoms with Crippen LogP contribution in [0.5, 0.6) is 0 Å². The van der Waals surface area contributed by atoms with Gasteiger partial charge in [0.15, 0.2) is 0 Å². The van der Waals surface area contributed by atoms with E-state index in [1.807, 2.05) is 0 Å². The summed E-state index contributed by atoms with van der Waals surface area (Å²) in [5.41, 5.74) is 6.87. The van der Waals surface area contributed by atoms with Crippen LogP contribution in [0, 0.1) is 16.7 Å². The fourth-order valence-electron chi connectivity index (χ4n) is 4.79. The summed E-state index contributed by atoms with van der Waals surface area (Å²) in [7, 11) is 0. The van der Waals surface area contributed by atoms with Gasteiger partial charge in [0.1, 0.15) is 0 Å². The Morgan fingerprint density at radius 3 is 2.17 bits per heavy atom. The summed E-state index contributed by atoms with van der Waals surface area (Å²) in [5, 5.41) is 0. The molecule has 0 saturated heterocycles. The lowest BCUT2D eigenvalue weighted by Gasteiger charge is -2.41. The zero-order valence-corrected chi connectivity index (χ0v) is 12.2. The second kappa shape index (κ2) is 4.21. The Balaban J connectivity index is 1.65. The van der Waals surface area contributed by atoms with Crippen molar-refractivity contribution in [2.24, 2.45) is 22.5 Å². The van der Waals surface area contributed by atoms with Crippen molar-refractivity contribution < 1.29 is 4.74 Å². The molecule has 2 heteroatoms. The molecule has 3 aliphatic carbocycles. The lowest BCUT2D eigenvalue weighted by atomic mass is 9.70. The highest BCUT2D eigenvalue weighted by atomic mass is 16.5. The van der Waals surface area contributed by atoms with Gasteiger partial charge in [-0.2, -0.15) is 0 Å². The Morgan fingerprint density at radius 2 is 1.67 bits per heavy atom. The van der Waals surface area contributed by atoms with Crippen molar-refractivity contribution >= 4 is 0 Å². The molecule has 0 spiro atoms. The SMILES string of the molecule is CC1(C)C2CCC1(C)C(OC1CCC(N)CC1)C2. The van der Waals surface area contributed by atoms with Crippen LogP contribution in [0.4, 0.5) is 0 Å². The van der Waals surface area contributed by atoms with Gasteiger partial charge in [-0.15, -0.1) is 0 Å². The Hall–Kier alpha value is -0.0800. The van der Waals surface area contributed by atoms with Crippen LogP contribution in [0.3, 0.4) is 0 Å². The fraction of sp³-hybridized carbons (Fsp3) is 1.00. The summed E-state index contributed by atoms with van der Waals surface area (Å²) in [6.07, 6.45) is 9.74. The van der Waals surface area contributed by atoms with E-state index >= 15 is 0 Å². The highest BCUT2D eigenvalue weighted by Crippen LogP contribution is 2.66. The quantitative estimate of drug-likeness (QED) is 0.815. The number of hydrogen-bond acceptors (Lipinski definition) is 2. The molecule has 2 N–H and O–H groups in total. The monoisotopic (exact) mass is 251 g/mol. The van der Waals surface area contributed by atoms with Crippen LogP contribution >= 0.6 is 0 Å². The van der Waals surface area contributed by atoms with Crippen LogP contribution in [-0.4, -0.2) is 18.2 Å². The Labute approximate surface area is 112 Å². The molecule has 18 heavy (non-hydrogen) atoms. The van der Waals surface area contributed by atoms with Crippen molar-refractivity contribution in [3.63, 3.8) is 0 Å². The number of hydrogen-bond donors (Lipinski definition) is 1. The lowest BCUT2D eigenvalue weighted by Crippen LogP contribution is -2.40. The summed E-state index contributed by atoms with van der Waals surface area (Å²) < 4.78 is 6.52. The average Bonchev–Trinajstić information content (AvgIpc) is 2.65. The molecule has 0 aliphatic heterocycles. The van der Waals surface area contributed by atoms with Gasteiger partial charge in [-0.05, 0) is 61.7 Å². The first kappa shape index (κ1) is 12.9. The Morgan fingerprint density at radius 1 is 1.00 bits per heavy atom. The minimum atomic E-state index is 0.414. The van der Waals surface area contributed by atoms with Crippen molar-refractivity contribution in [3.8, 4) is 0 Å². The van der Waals surface area contributed by atoms with Gasteiger partial charge in [0.05, 0.1) is 12.2 Å². The van der Waals surface area contributed by atoms with Crippen molar-refractivity contribution in [2.45, 2.75) is 84.0 Å². The van der Waals surface area contributed by atoms with Crippen LogP contribution < -0.4 is 5.73 Å². The summed E-state index contributed by atoms with van der Waals surface area (Å²) in [6, 6.07) is 0.428. The molecule has 2 nitrogen and oxygen atoms in total. The van der Waals surface area contributed by atoms with E-state index in [-0.39, 0.29) is 0 Å². The van der Waals surface area contributed by atoms with E-state index in [1.54, 1.807) is 0 Å². The fourth-order valence-corrected chi connectivity index (χ4v) is 4.79. The van der Waals surface area contributed by atoms with E-state index < -0.39 is 0 Å². The minimum Gasteiger partial charge on any atom is -0.374 e. The maximum absolute atomic E-state index is 6.52. The van der Waals surface area contributed by atoms with Gasteiger partial charge >= 0.3 is 0 Å². The van der Waals surface area contributed by atoms with Crippen LogP contribution in [0.15, 0.2) is 0 Å². The van der Waals surface area contributed by atoms with Gasteiger partial charge in [-0.25, -0.2) is 0 Å². The smallest absolute Gasteiger partial charge is 0.0640 e. The molecular weight excluding hydrogens is 222 g/mol. The van der Waals surface area contributed by atoms with Crippen LogP contribution in [-0.2, 0) is 4.74 Å². The number of fused-ring (bicyclic) bond motifs is 2. The Kier molecular flexibility index (Phi) is 3.02. The van der Waals surface area contributed by atoms with Crippen molar-refractivity contribution in [3.05, 3.63) is 0 Å². The molecule has 0 aromatic carbocycles. The van der Waals surface area contributed by atoms with Gasteiger partial charge in [-0.3, -0.25) is 0 Å². The largest absolute Gasteiger partial charge is 0.374 e. The second-order valence-corrected chi connectivity index (χ2v) is 7.77. The molecule has 0 aromatic heterocycles. The first-order valence-corrected chi connectivity index (χ1v) is 7.84. The molecular formula is C16H29NO. The third kappa shape index (κ3) is 1.76. The Bertz CT molecular complexity index is 319. The minimum absolute atomic E-state index is 0.414. The summed E-state index contributed by atoms with van der Waals surface area (Å²) in [4.78, 5) is 0. The molecule has 3 unspecified atom stereocenters. The highest BCUT2D eigenvalue weighted by molar-refractivity contribution is 5.11. The van der Waals surface area contributed by atoms with Crippen LogP contribution in [0.25, 0.3) is 0 Å². The zero-order valence-electron chi connectivity index (χ0n) is 12.2. The molecule has 2 bridgehead atoms. The lowest BCUT2D eigenvalue weighted by molar-refractivity contribution is -0.0972. The molecule has 0 amide bonds. The zero-order chi connectivity index (χ0) is 13.0. The van der Waals surface area contributed by atoms with Gasteiger partial charge < -0.3 is 10.5 Å². The van der Waals surface area contributed by atoms with Crippen LogP contribution in [0.1, 0.15) is 65.7 Å². The van der Waals surface area contributed by atoms with E-state index in [1.165, 1.54) is 32.1 Å². The van der Waals surface area contributed by atoms with E-state index in [2.05, 4.69) is 20.8 Å². The third-order valence-electron chi connectivity index (χ3n) is 6.79. The highest BCUT2D eigenvalue weighted by Gasteiger charge is 2.62. The van der Waals surface area contributed by atoms with E-state index in [0.717, 1.165) is 18.8 Å². The molecule has 104 valence electrons. The summed E-state index contributed by atoms with van der Waals surface area (Å²) in [6.45, 7) is 7.40. The molecule has 3 saturated carbocycles. The maximum atomic E-state index is 6.52. The first-order valence-electron chi connectivity index (χ1n) is 7.84. The van der Waals surface area contributed by atoms with Gasteiger partial charge in [0.25, 0.3) is 0 Å². The predicted octanol–water partition coefficient (Wildman–Crippen LogP) is 3.49. The second-order valence-electron chi connectivity index (χ2n) is 7.77. The molecule has 0 aromatic rings. The molecule has 3 atom stereocenters. The van der Waals surface area contributed by atoms with E-state index in [0.29, 0.717) is 29.1 Å². The van der Waals surface area contributed by atoms with Crippen molar-refractivity contribution in [1.82, 2.24) is 0 Å². The van der Waals surface area contributed by atoms with E-state index in [4.69, 9.17) is 10.5 Å². The molecule has 3 rings (SSSR count). The number of ether oxygens (including phenoxy) is 1. The topological polar surface area (TPSA) is 35.2 Å². The van der Waals surface area contributed by atoms with Gasteiger partial charge in [0.2, 0.25) is 0 Å². The van der Waals surface area contributed by atoms with Crippen LogP contribution in [0.2, 0.25) is 0 Å². The molecule has 3 fully saturated rings. The molecule has 3 aliphatic rings. The maximum Gasteiger partial charge on any atom is 0.0640 e. The number of nitrogens with two attached hydrogens (primary N) is 1. The third-order valence-corrected chi connectivity index (χ3v) is 6.79. The summed E-state index contributed by atoms with van der Waals surface area (Å²) in [5.74, 6) is 0.887. The molecule has 0 radical (unpaired) electrons.